The van der Waals surface area contributed by atoms with Crippen molar-refractivity contribution in [2.24, 2.45) is 5.73 Å². The third-order valence-corrected chi connectivity index (χ3v) is 3.39. The fourth-order valence-electron chi connectivity index (χ4n) is 2.48. The summed E-state index contributed by atoms with van der Waals surface area (Å²) in [5.74, 6) is 0. The molecule has 1 heterocycles. The molecule has 1 aromatic heterocycles. The van der Waals surface area contributed by atoms with Crippen LogP contribution in [0.5, 0.6) is 0 Å². The minimum atomic E-state index is 0.461. The van der Waals surface area contributed by atoms with E-state index < -0.39 is 0 Å². The largest absolute Gasteiger partial charge is 0.327 e. The SMILES string of the molecule is CN(C/C=C\CN)[C@H]1CCCc2cccnc21. The first-order valence-electron chi connectivity index (χ1n) is 6.32. The van der Waals surface area contributed by atoms with Crippen molar-refractivity contribution in [1.82, 2.24) is 9.88 Å². The zero-order chi connectivity index (χ0) is 12.1. The standard InChI is InChI=1S/C14H21N3/c1-17(11-3-2-9-15)13-8-4-6-12-7-5-10-16-14(12)13/h2-3,5,7,10,13H,4,6,8-9,11,15H2,1H3/b3-2-/t13-/m0/s1. The van der Waals surface area contributed by atoms with E-state index in [9.17, 15) is 0 Å². The molecule has 0 bridgehead atoms. The van der Waals surface area contributed by atoms with Gasteiger partial charge in [0, 0.05) is 19.3 Å². The first kappa shape index (κ1) is 12.3. The summed E-state index contributed by atoms with van der Waals surface area (Å²) < 4.78 is 0. The lowest BCUT2D eigenvalue weighted by Crippen LogP contribution is -2.28. The number of rotatable bonds is 4. The molecule has 0 saturated heterocycles. The quantitative estimate of drug-likeness (QED) is 0.805. The Morgan fingerprint density at radius 2 is 2.41 bits per heavy atom. The molecule has 1 aliphatic rings. The topological polar surface area (TPSA) is 42.1 Å². The molecule has 0 aliphatic heterocycles. The summed E-state index contributed by atoms with van der Waals surface area (Å²) in [7, 11) is 2.16. The zero-order valence-corrected chi connectivity index (χ0v) is 10.5. The molecule has 92 valence electrons. The monoisotopic (exact) mass is 231 g/mol. The lowest BCUT2D eigenvalue weighted by Gasteiger charge is -2.31. The van der Waals surface area contributed by atoms with Crippen LogP contribution < -0.4 is 5.73 Å². The van der Waals surface area contributed by atoms with Crippen LogP contribution in [0.25, 0.3) is 0 Å². The summed E-state index contributed by atoms with van der Waals surface area (Å²) in [6, 6.07) is 4.70. The number of aryl methyl sites for hydroxylation is 1. The van der Waals surface area contributed by atoms with E-state index >= 15 is 0 Å². The lowest BCUT2D eigenvalue weighted by atomic mass is 9.91. The van der Waals surface area contributed by atoms with E-state index in [-0.39, 0.29) is 0 Å². The van der Waals surface area contributed by atoms with Crippen molar-refractivity contribution < 1.29 is 0 Å². The van der Waals surface area contributed by atoms with Crippen molar-refractivity contribution in [2.45, 2.75) is 25.3 Å². The summed E-state index contributed by atoms with van der Waals surface area (Å²) in [6.07, 6.45) is 9.69. The Hall–Kier alpha value is -1.19. The maximum atomic E-state index is 5.45. The van der Waals surface area contributed by atoms with Gasteiger partial charge in [-0.1, -0.05) is 18.2 Å². The highest BCUT2D eigenvalue weighted by Gasteiger charge is 2.23. The van der Waals surface area contributed by atoms with Gasteiger partial charge in [0.1, 0.15) is 0 Å². The molecule has 3 heteroatoms. The summed E-state index contributed by atoms with van der Waals surface area (Å²) in [6.45, 7) is 1.56. The minimum absolute atomic E-state index is 0.461. The third-order valence-electron chi connectivity index (χ3n) is 3.39. The summed E-state index contributed by atoms with van der Waals surface area (Å²) in [4.78, 5) is 6.92. The van der Waals surface area contributed by atoms with Gasteiger partial charge < -0.3 is 5.73 Å². The maximum absolute atomic E-state index is 5.45. The molecule has 1 aliphatic carbocycles. The Morgan fingerprint density at radius 1 is 1.53 bits per heavy atom. The van der Waals surface area contributed by atoms with Gasteiger partial charge in [-0.15, -0.1) is 0 Å². The first-order chi connectivity index (χ1) is 8.33. The third kappa shape index (κ3) is 2.93. The van der Waals surface area contributed by atoms with Gasteiger partial charge in [0.05, 0.1) is 11.7 Å². The maximum Gasteiger partial charge on any atom is 0.0607 e. The molecular formula is C14H21N3. The Bertz CT molecular complexity index is 387. The van der Waals surface area contributed by atoms with Crippen molar-refractivity contribution >= 4 is 0 Å². The zero-order valence-electron chi connectivity index (χ0n) is 10.5. The van der Waals surface area contributed by atoms with Gasteiger partial charge in [-0.05, 0) is 37.9 Å². The Labute approximate surface area is 103 Å². The van der Waals surface area contributed by atoms with Crippen molar-refractivity contribution in [2.75, 3.05) is 20.1 Å². The Kier molecular flexibility index (Phi) is 4.29. The van der Waals surface area contributed by atoms with Crippen LogP contribution in [0.1, 0.15) is 30.1 Å². The molecule has 0 spiro atoms. The summed E-state index contributed by atoms with van der Waals surface area (Å²) in [5, 5.41) is 0. The van der Waals surface area contributed by atoms with Gasteiger partial charge in [0.15, 0.2) is 0 Å². The van der Waals surface area contributed by atoms with Crippen LogP contribution in [0, 0.1) is 0 Å². The molecule has 17 heavy (non-hydrogen) atoms. The van der Waals surface area contributed by atoms with E-state index in [1.165, 1.54) is 30.5 Å². The second-order valence-corrected chi connectivity index (χ2v) is 4.60. The van der Waals surface area contributed by atoms with Crippen molar-refractivity contribution in [3.63, 3.8) is 0 Å². The van der Waals surface area contributed by atoms with E-state index in [0.717, 1.165) is 6.54 Å². The number of fused-ring (bicyclic) bond motifs is 1. The molecule has 0 amide bonds. The fraction of sp³-hybridized carbons (Fsp3) is 0.500. The number of pyridine rings is 1. The highest BCUT2D eigenvalue weighted by molar-refractivity contribution is 5.25. The van der Waals surface area contributed by atoms with Gasteiger partial charge in [-0.25, -0.2) is 0 Å². The molecule has 0 aromatic carbocycles. The van der Waals surface area contributed by atoms with Crippen molar-refractivity contribution in [3.05, 3.63) is 41.7 Å². The molecule has 2 N–H and O–H groups in total. The number of nitrogens with zero attached hydrogens (tertiary/aromatic N) is 2. The van der Waals surface area contributed by atoms with Gasteiger partial charge in [-0.2, -0.15) is 0 Å². The highest BCUT2D eigenvalue weighted by atomic mass is 15.1. The highest BCUT2D eigenvalue weighted by Crippen LogP contribution is 2.31. The average Bonchev–Trinajstić information content (AvgIpc) is 2.38. The predicted octanol–water partition coefficient (Wildman–Crippen LogP) is 1.91. The van der Waals surface area contributed by atoms with Crippen LogP contribution in [-0.4, -0.2) is 30.0 Å². The number of aromatic nitrogens is 1. The van der Waals surface area contributed by atoms with Crippen molar-refractivity contribution in [3.8, 4) is 0 Å². The number of hydrogen-bond acceptors (Lipinski definition) is 3. The molecule has 1 atom stereocenters. The van der Waals surface area contributed by atoms with Gasteiger partial charge in [0.2, 0.25) is 0 Å². The molecule has 1 aromatic rings. The Morgan fingerprint density at radius 3 is 3.24 bits per heavy atom. The van der Waals surface area contributed by atoms with Crippen LogP contribution in [0.2, 0.25) is 0 Å². The molecule has 0 saturated carbocycles. The van der Waals surface area contributed by atoms with E-state index in [1.54, 1.807) is 0 Å². The first-order valence-corrected chi connectivity index (χ1v) is 6.32. The van der Waals surface area contributed by atoms with Gasteiger partial charge >= 0.3 is 0 Å². The van der Waals surface area contributed by atoms with Crippen LogP contribution in [0.4, 0.5) is 0 Å². The summed E-state index contributed by atoms with van der Waals surface area (Å²) >= 11 is 0. The molecule has 0 unspecified atom stereocenters. The van der Waals surface area contributed by atoms with Gasteiger partial charge in [-0.3, -0.25) is 9.88 Å². The van der Waals surface area contributed by atoms with Crippen LogP contribution in [-0.2, 0) is 6.42 Å². The van der Waals surface area contributed by atoms with E-state index in [1.807, 2.05) is 18.3 Å². The number of nitrogens with two attached hydrogens (primary N) is 1. The van der Waals surface area contributed by atoms with Gasteiger partial charge in [0.25, 0.3) is 0 Å². The average molecular weight is 231 g/mol. The van der Waals surface area contributed by atoms with E-state index in [2.05, 4.69) is 29.1 Å². The molecule has 0 fully saturated rings. The minimum Gasteiger partial charge on any atom is -0.327 e. The normalized spacial score (nSPS) is 19.8. The fourth-order valence-corrected chi connectivity index (χ4v) is 2.48. The smallest absolute Gasteiger partial charge is 0.0607 e. The molecule has 2 rings (SSSR count). The predicted molar refractivity (Wildman–Crippen MR) is 70.7 cm³/mol. The molecule has 3 nitrogen and oxygen atoms in total. The summed E-state index contributed by atoms with van der Waals surface area (Å²) in [5.41, 5.74) is 8.13. The second kappa shape index (κ2) is 5.94. The molecule has 0 radical (unpaired) electrons. The Balaban J connectivity index is 2.09. The van der Waals surface area contributed by atoms with E-state index in [4.69, 9.17) is 5.73 Å². The number of likely N-dealkylation sites (N-methyl/N-ethyl adjacent to an activating group) is 1. The number of hydrogen-bond donors (Lipinski definition) is 1. The van der Waals surface area contributed by atoms with E-state index in [0.29, 0.717) is 12.6 Å². The molecular weight excluding hydrogens is 210 g/mol. The van der Waals surface area contributed by atoms with Crippen LogP contribution >= 0.6 is 0 Å². The van der Waals surface area contributed by atoms with Crippen LogP contribution in [0.3, 0.4) is 0 Å². The van der Waals surface area contributed by atoms with Crippen molar-refractivity contribution in [1.29, 1.82) is 0 Å². The lowest BCUT2D eigenvalue weighted by molar-refractivity contribution is 0.238. The second-order valence-electron chi connectivity index (χ2n) is 4.60. The van der Waals surface area contributed by atoms with Crippen LogP contribution in [0.15, 0.2) is 30.5 Å².